The molecule has 0 radical (unpaired) electrons. The Labute approximate surface area is 129 Å². The van der Waals surface area contributed by atoms with Gasteiger partial charge in [-0.1, -0.05) is 44.0 Å². The molecule has 0 fully saturated rings. The van der Waals surface area contributed by atoms with Gasteiger partial charge >= 0.3 is 0 Å². The molecule has 0 aliphatic rings. The molecule has 0 atom stereocenters. The summed E-state index contributed by atoms with van der Waals surface area (Å²) in [6, 6.07) is 11.5. The first-order chi connectivity index (χ1) is 10.6. The zero-order valence-electron chi connectivity index (χ0n) is 12.6. The van der Waals surface area contributed by atoms with E-state index in [2.05, 4.69) is 6.92 Å². The molecule has 0 unspecified atom stereocenters. The number of halogens is 3. The molecule has 0 aliphatic carbocycles. The first kappa shape index (κ1) is 16.3. The van der Waals surface area contributed by atoms with Crippen molar-refractivity contribution in [2.24, 2.45) is 0 Å². The van der Waals surface area contributed by atoms with Crippen LogP contribution in [0.5, 0.6) is 0 Å². The van der Waals surface area contributed by atoms with Crippen LogP contribution in [0.25, 0.3) is 11.7 Å². The van der Waals surface area contributed by atoms with Gasteiger partial charge in [0, 0.05) is 11.1 Å². The highest BCUT2D eigenvalue weighted by atomic mass is 19.2. The van der Waals surface area contributed by atoms with Crippen LogP contribution in [0.3, 0.4) is 0 Å². The van der Waals surface area contributed by atoms with Gasteiger partial charge in [0.1, 0.15) is 5.82 Å². The molecule has 3 heteroatoms. The second-order valence-corrected chi connectivity index (χ2v) is 5.29. The zero-order chi connectivity index (χ0) is 15.9. The molecule has 22 heavy (non-hydrogen) atoms. The fourth-order valence-electron chi connectivity index (χ4n) is 2.25. The van der Waals surface area contributed by atoms with Gasteiger partial charge < -0.3 is 0 Å². The fourth-order valence-corrected chi connectivity index (χ4v) is 2.25. The molecule has 2 aromatic rings. The van der Waals surface area contributed by atoms with Gasteiger partial charge in [-0.3, -0.25) is 0 Å². The van der Waals surface area contributed by atoms with E-state index in [-0.39, 0.29) is 11.1 Å². The van der Waals surface area contributed by atoms with E-state index in [0.29, 0.717) is 0 Å². The smallest absolute Gasteiger partial charge is 0.166 e. The van der Waals surface area contributed by atoms with E-state index in [1.54, 1.807) is 12.1 Å². The lowest BCUT2D eigenvalue weighted by atomic mass is 10.0. The predicted molar refractivity (Wildman–Crippen MR) is 85.1 cm³/mol. The van der Waals surface area contributed by atoms with Gasteiger partial charge in [-0.05, 0) is 42.7 Å². The van der Waals surface area contributed by atoms with Crippen LogP contribution in [0.4, 0.5) is 13.2 Å². The summed E-state index contributed by atoms with van der Waals surface area (Å²) in [5.74, 6) is -2.38. The normalized spacial score (nSPS) is 12.2. The van der Waals surface area contributed by atoms with Crippen LogP contribution >= 0.6 is 0 Å². The lowest BCUT2D eigenvalue weighted by Crippen LogP contribution is -1.88. The van der Waals surface area contributed by atoms with Crippen molar-refractivity contribution in [3.05, 3.63) is 71.0 Å². The van der Waals surface area contributed by atoms with Crippen LogP contribution in [-0.2, 0) is 6.42 Å². The second-order valence-electron chi connectivity index (χ2n) is 5.29. The molecule has 0 amide bonds. The second kappa shape index (κ2) is 7.83. The summed E-state index contributed by atoms with van der Waals surface area (Å²) in [5, 5.41) is 0. The maximum Gasteiger partial charge on any atom is 0.166 e. The Kier molecular flexibility index (Phi) is 5.82. The molecular formula is C19H19F3. The van der Waals surface area contributed by atoms with Crippen molar-refractivity contribution >= 4 is 11.7 Å². The Morgan fingerprint density at radius 1 is 0.773 bits per heavy atom. The van der Waals surface area contributed by atoms with Crippen LogP contribution in [0.2, 0.25) is 0 Å². The predicted octanol–water partition coefficient (Wildman–Crippen LogP) is 6.32. The molecular weight excluding hydrogens is 285 g/mol. The Bertz CT molecular complexity index is 625. The monoisotopic (exact) mass is 304 g/mol. The number of rotatable bonds is 6. The molecule has 0 aromatic heterocycles. The SMILES string of the molecule is CCCCCc1ccc(/C(F)=C(/F)c2ccc(F)cc2)cc1. The minimum absolute atomic E-state index is 0.0333. The third-order valence-electron chi connectivity index (χ3n) is 3.57. The average molecular weight is 304 g/mol. The van der Waals surface area contributed by atoms with Gasteiger partial charge in [0.05, 0.1) is 0 Å². The van der Waals surface area contributed by atoms with Gasteiger partial charge in [-0.25, -0.2) is 13.2 Å². The van der Waals surface area contributed by atoms with E-state index in [1.165, 1.54) is 12.1 Å². The third-order valence-corrected chi connectivity index (χ3v) is 3.57. The van der Waals surface area contributed by atoms with Crippen molar-refractivity contribution in [3.8, 4) is 0 Å². The molecule has 0 heterocycles. The summed E-state index contributed by atoms with van der Waals surface area (Å²) in [4.78, 5) is 0. The van der Waals surface area contributed by atoms with E-state index >= 15 is 0 Å². The molecule has 0 aliphatic heterocycles. The molecule has 0 spiro atoms. The zero-order valence-corrected chi connectivity index (χ0v) is 12.6. The van der Waals surface area contributed by atoms with E-state index in [9.17, 15) is 13.2 Å². The van der Waals surface area contributed by atoms with Crippen molar-refractivity contribution in [1.29, 1.82) is 0 Å². The van der Waals surface area contributed by atoms with Crippen molar-refractivity contribution in [2.75, 3.05) is 0 Å². The van der Waals surface area contributed by atoms with Crippen LogP contribution in [0, 0.1) is 5.82 Å². The summed E-state index contributed by atoms with van der Waals surface area (Å²) >= 11 is 0. The van der Waals surface area contributed by atoms with Crippen LogP contribution < -0.4 is 0 Å². The number of hydrogen-bond acceptors (Lipinski definition) is 0. The summed E-state index contributed by atoms with van der Waals surface area (Å²) < 4.78 is 41.1. The quantitative estimate of drug-likeness (QED) is 0.432. The Balaban J connectivity index is 2.15. The highest BCUT2D eigenvalue weighted by Crippen LogP contribution is 2.29. The number of benzene rings is 2. The summed E-state index contributed by atoms with van der Waals surface area (Å²) in [6.45, 7) is 2.14. The van der Waals surface area contributed by atoms with Crippen LogP contribution in [0.1, 0.15) is 42.9 Å². The molecule has 0 nitrogen and oxygen atoms in total. The first-order valence-electron chi connectivity index (χ1n) is 7.52. The lowest BCUT2D eigenvalue weighted by molar-refractivity contribution is 0.627. The maximum atomic E-state index is 14.2. The highest BCUT2D eigenvalue weighted by Gasteiger charge is 2.11. The fraction of sp³-hybridized carbons (Fsp3) is 0.263. The Morgan fingerprint density at radius 3 is 1.77 bits per heavy atom. The van der Waals surface area contributed by atoms with Gasteiger partial charge in [0.25, 0.3) is 0 Å². The summed E-state index contributed by atoms with van der Waals surface area (Å²) in [7, 11) is 0. The van der Waals surface area contributed by atoms with Crippen LogP contribution in [0.15, 0.2) is 48.5 Å². The van der Waals surface area contributed by atoms with E-state index in [1.807, 2.05) is 12.1 Å². The van der Waals surface area contributed by atoms with Gasteiger partial charge in [-0.2, -0.15) is 0 Å². The van der Waals surface area contributed by atoms with Gasteiger partial charge in [0.2, 0.25) is 0 Å². The Morgan fingerprint density at radius 2 is 1.27 bits per heavy atom. The van der Waals surface area contributed by atoms with E-state index in [4.69, 9.17) is 0 Å². The van der Waals surface area contributed by atoms with Crippen molar-refractivity contribution in [2.45, 2.75) is 32.6 Å². The number of unbranched alkanes of at least 4 members (excludes halogenated alkanes) is 2. The maximum absolute atomic E-state index is 14.2. The Hall–Kier alpha value is -2.03. The standard InChI is InChI=1S/C19H19F3/c1-2-3-4-5-14-6-8-15(9-7-14)18(21)19(22)16-10-12-17(20)13-11-16/h6-13H,2-5H2,1H3/b19-18-. The average Bonchev–Trinajstić information content (AvgIpc) is 2.55. The molecule has 0 saturated carbocycles. The first-order valence-corrected chi connectivity index (χ1v) is 7.52. The largest absolute Gasteiger partial charge is 0.207 e. The lowest BCUT2D eigenvalue weighted by Gasteiger charge is -2.05. The summed E-state index contributed by atoms with van der Waals surface area (Å²) in [5.41, 5.74) is 1.35. The van der Waals surface area contributed by atoms with Crippen LogP contribution in [-0.4, -0.2) is 0 Å². The number of aryl methyl sites for hydroxylation is 1. The van der Waals surface area contributed by atoms with E-state index < -0.39 is 17.5 Å². The van der Waals surface area contributed by atoms with Crippen molar-refractivity contribution in [3.63, 3.8) is 0 Å². The number of hydrogen-bond donors (Lipinski definition) is 0. The summed E-state index contributed by atoms with van der Waals surface area (Å²) in [6.07, 6.45) is 4.35. The molecule has 2 rings (SSSR count). The minimum atomic E-state index is -0.973. The topological polar surface area (TPSA) is 0 Å². The van der Waals surface area contributed by atoms with E-state index in [0.717, 1.165) is 43.4 Å². The molecule has 0 bridgehead atoms. The van der Waals surface area contributed by atoms with Gasteiger partial charge in [-0.15, -0.1) is 0 Å². The van der Waals surface area contributed by atoms with Crippen molar-refractivity contribution in [1.82, 2.24) is 0 Å². The minimum Gasteiger partial charge on any atom is -0.207 e. The van der Waals surface area contributed by atoms with Gasteiger partial charge in [0.15, 0.2) is 11.7 Å². The molecule has 2 aromatic carbocycles. The third kappa shape index (κ3) is 4.23. The molecule has 116 valence electrons. The highest BCUT2D eigenvalue weighted by molar-refractivity contribution is 5.83. The molecule has 0 N–H and O–H groups in total. The molecule has 0 saturated heterocycles. The van der Waals surface area contributed by atoms with Crippen molar-refractivity contribution < 1.29 is 13.2 Å².